The summed E-state index contributed by atoms with van der Waals surface area (Å²) in [6.45, 7) is 12.3. The molecule has 1 atom stereocenters. The molecular weight excluding hydrogens is 278 g/mol. The van der Waals surface area contributed by atoms with Crippen LogP contribution in [-0.4, -0.2) is 50.2 Å². The van der Waals surface area contributed by atoms with Gasteiger partial charge < -0.3 is 9.09 Å². The second kappa shape index (κ2) is 6.62. The number of rotatable bonds is 5. The molecule has 1 fully saturated rings. The van der Waals surface area contributed by atoms with E-state index in [0.717, 1.165) is 56.5 Å². The van der Waals surface area contributed by atoms with E-state index in [4.69, 9.17) is 4.52 Å². The van der Waals surface area contributed by atoms with E-state index in [1.807, 2.05) is 19.2 Å². The van der Waals surface area contributed by atoms with Gasteiger partial charge in [0.2, 0.25) is 0 Å². The Bertz CT molecular complexity index is 605. The third-order valence-electron chi connectivity index (χ3n) is 4.39. The predicted octanol–water partition coefficient (Wildman–Crippen LogP) is 1.91. The van der Waals surface area contributed by atoms with Gasteiger partial charge in [0.1, 0.15) is 5.82 Å². The first-order chi connectivity index (χ1) is 10.7. The zero-order chi connectivity index (χ0) is 15.5. The summed E-state index contributed by atoms with van der Waals surface area (Å²) in [5, 5.41) is 3.96. The van der Waals surface area contributed by atoms with Gasteiger partial charge in [0.25, 0.3) is 0 Å². The maximum atomic E-state index is 5.33. The van der Waals surface area contributed by atoms with Crippen molar-refractivity contribution < 1.29 is 4.52 Å². The van der Waals surface area contributed by atoms with Crippen LogP contribution in [0.4, 0.5) is 0 Å². The summed E-state index contributed by atoms with van der Waals surface area (Å²) in [5.41, 5.74) is 0.952. The Hall–Kier alpha value is -1.66. The first kappa shape index (κ1) is 15.2. The highest BCUT2D eigenvalue weighted by molar-refractivity contribution is 5.03. The van der Waals surface area contributed by atoms with Crippen LogP contribution in [0.25, 0.3) is 0 Å². The molecule has 2 aromatic rings. The first-order valence-electron chi connectivity index (χ1n) is 8.04. The zero-order valence-corrected chi connectivity index (χ0v) is 13.7. The van der Waals surface area contributed by atoms with Crippen molar-refractivity contribution in [2.75, 3.05) is 19.6 Å². The lowest BCUT2D eigenvalue weighted by atomic mass is 10.2. The van der Waals surface area contributed by atoms with E-state index in [1.54, 1.807) is 0 Å². The summed E-state index contributed by atoms with van der Waals surface area (Å²) < 4.78 is 7.54. The van der Waals surface area contributed by atoms with E-state index in [2.05, 4.69) is 44.6 Å². The Morgan fingerprint density at radius 2 is 2.18 bits per heavy atom. The molecule has 6 nitrogen and oxygen atoms in total. The molecule has 0 bridgehead atoms. The van der Waals surface area contributed by atoms with E-state index in [1.165, 1.54) is 0 Å². The van der Waals surface area contributed by atoms with Crippen LogP contribution in [-0.2, 0) is 19.6 Å². The number of hydrogen-bond donors (Lipinski definition) is 0. The van der Waals surface area contributed by atoms with E-state index >= 15 is 0 Å². The maximum absolute atomic E-state index is 5.33. The number of imidazole rings is 1. The van der Waals surface area contributed by atoms with Gasteiger partial charge in [-0.2, -0.15) is 0 Å². The molecule has 0 amide bonds. The highest BCUT2D eigenvalue weighted by atomic mass is 16.5. The van der Waals surface area contributed by atoms with Gasteiger partial charge in [-0.05, 0) is 20.8 Å². The average molecular weight is 303 g/mol. The number of piperazine rings is 1. The Morgan fingerprint density at radius 3 is 2.86 bits per heavy atom. The molecule has 0 saturated carbocycles. The SMILES string of the molecule is CCn1ccnc1CN1CCN(Cc2cc(C)no2)C[C@H]1C. The van der Waals surface area contributed by atoms with Crippen molar-refractivity contribution in [1.29, 1.82) is 0 Å². The number of aromatic nitrogens is 3. The minimum Gasteiger partial charge on any atom is -0.360 e. The van der Waals surface area contributed by atoms with Gasteiger partial charge in [0, 0.05) is 50.7 Å². The average Bonchev–Trinajstić information content (AvgIpc) is 3.10. The molecule has 0 N–H and O–H groups in total. The van der Waals surface area contributed by atoms with Crippen LogP contribution in [0, 0.1) is 6.92 Å². The Morgan fingerprint density at radius 1 is 1.32 bits per heavy atom. The number of nitrogens with zero attached hydrogens (tertiary/aromatic N) is 5. The fourth-order valence-electron chi connectivity index (χ4n) is 3.12. The summed E-state index contributed by atoms with van der Waals surface area (Å²) in [6.07, 6.45) is 3.95. The molecule has 0 spiro atoms. The molecule has 2 aromatic heterocycles. The molecule has 3 heterocycles. The van der Waals surface area contributed by atoms with E-state index in [-0.39, 0.29) is 0 Å². The second-order valence-corrected chi connectivity index (χ2v) is 6.12. The molecule has 120 valence electrons. The van der Waals surface area contributed by atoms with E-state index in [9.17, 15) is 0 Å². The molecule has 22 heavy (non-hydrogen) atoms. The minimum absolute atomic E-state index is 0.514. The summed E-state index contributed by atoms with van der Waals surface area (Å²) in [7, 11) is 0. The van der Waals surface area contributed by atoms with Crippen LogP contribution in [0.1, 0.15) is 31.1 Å². The van der Waals surface area contributed by atoms with Crippen molar-refractivity contribution in [2.24, 2.45) is 0 Å². The summed E-state index contributed by atoms with van der Waals surface area (Å²) in [6, 6.07) is 2.54. The number of hydrogen-bond acceptors (Lipinski definition) is 5. The quantitative estimate of drug-likeness (QED) is 0.844. The van der Waals surface area contributed by atoms with Crippen molar-refractivity contribution in [3.63, 3.8) is 0 Å². The first-order valence-corrected chi connectivity index (χ1v) is 8.04. The Balaban J connectivity index is 1.56. The summed E-state index contributed by atoms with van der Waals surface area (Å²) in [5.74, 6) is 2.12. The predicted molar refractivity (Wildman–Crippen MR) is 84.3 cm³/mol. The van der Waals surface area contributed by atoms with Crippen molar-refractivity contribution in [2.45, 2.75) is 46.4 Å². The lowest BCUT2D eigenvalue weighted by Gasteiger charge is -2.39. The van der Waals surface area contributed by atoms with E-state index in [0.29, 0.717) is 6.04 Å². The van der Waals surface area contributed by atoms with Crippen LogP contribution in [0.2, 0.25) is 0 Å². The Labute approximate surface area is 131 Å². The van der Waals surface area contributed by atoms with Crippen LogP contribution in [0.15, 0.2) is 23.0 Å². The molecule has 1 saturated heterocycles. The molecular formula is C16H25N5O. The lowest BCUT2D eigenvalue weighted by Crippen LogP contribution is -2.51. The number of aryl methyl sites for hydroxylation is 2. The largest absolute Gasteiger partial charge is 0.360 e. The van der Waals surface area contributed by atoms with Gasteiger partial charge in [-0.3, -0.25) is 9.80 Å². The van der Waals surface area contributed by atoms with Crippen LogP contribution in [0.5, 0.6) is 0 Å². The summed E-state index contributed by atoms with van der Waals surface area (Å²) >= 11 is 0. The van der Waals surface area contributed by atoms with Gasteiger partial charge in [-0.25, -0.2) is 4.98 Å². The third-order valence-corrected chi connectivity index (χ3v) is 4.39. The lowest BCUT2D eigenvalue weighted by molar-refractivity contribution is 0.0653. The molecule has 1 aliphatic rings. The topological polar surface area (TPSA) is 50.3 Å². The second-order valence-electron chi connectivity index (χ2n) is 6.12. The highest BCUT2D eigenvalue weighted by Crippen LogP contribution is 2.16. The molecule has 0 radical (unpaired) electrons. The molecule has 0 unspecified atom stereocenters. The van der Waals surface area contributed by atoms with Gasteiger partial charge in [0.05, 0.1) is 18.8 Å². The van der Waals surface area contributed by atoms with Crippen LogP contribution in [0.3, 0.4) is 0 Å². The van der Waals surface area contributed by atoms with Crippen LogP contribution >= 0.6 is 0 Å². The van der Waals surface area contributed by atoms with Gasteiger partial charge in [-0.1, -0.05) is 5.16 Å². The minimum atomic E-state index is 0.514. The van der Waals surface area contributed by atoms with Crippen molar-refractivity contribution in [3.05, 3.63) is 35.7 Å². The van der Waals surface area contributed by atoms with Gasteiger partial charge in [0.15, 0.2) is 5.76 Å². The standard InChI is InChI=1S/C16H25N5O/c1-4-20-6-5-17-16(20)12-21-8-7-19(10-14(21)3)11-15-9-13(2)18-22-15/h5-6,9,14H,4,7-8,10-12H2,1-3H3/t14-/m1/s1. The Kier molecular flexibility index (Phi) is 4.59. The maximum Gasteiger partial charge on any atom is 0.150 e. The fourth-order valence-corrected chi connectivity index (χ4v) is 3.12. The van der Waals surface area contributed by atoms with Crippen LogP contribution < -0.4 is 0 Å². The highest BCUT2D eigenvalue weighted by Gasteiger charge is 2.25. The van der Waals surface area contributed by atoms with Gasteiger partial charge in [-0.15, -0.1) is 0 Å². The van der Waals surface area contributed by atoms with Crippen molar-refractivity contribution >= 4 is 0 Å². The van der Waals surface area contributed by atoms with Crippen molar-refractivity contribution in [3.8, 4) is 0 Å². The normalized spacial score (nSPS) is 20.6. The monoisotopic (exact) mass is 303 g/mol. The summed E-state index contributed by atoms with van der Waals surface area (Å²) in [4.78, 5) is 9.44. The zero-order valence-electron chi connectivity index (χ0n) is 13.7. The molecule has 0 aromatic carbocycles. The fraction of sp³-hybridized carbons (Fsp3) is 0.625. The van der Waals surface area contributed by atoms with Crippen molar-refractivity contribution in [1.82, 2.24) is 24.5 Å². The van der Waals surface area contributed by atoms with E-state index < -0.39 is 0 Å². The molecule has 6 heteroatoms. The molecule has 3 rings (SSSR count). The van der Waals surface area contributed by atoms with Gasteiger partial charge >= 0.3 is 0 Å². The molecule has 0 aliphatic carbocycles. The smallest absolute Gasteiger partial charge is 0.150 e. The molecule has 1 aliphatic heterocycles. The third kappa shape index (κ3) is 3.39.